The molecular formula is C19H23NO. The SMILES string of the molecule is C[C@](O)(c1ccccc1)c1ccc(N2CCCCC2)cc1. The summed E-state index contributed by atoms with van der Waals surface area (Å²) in [6, 6.07) is 18.2. The van der Waals surface area contributed by atoms with Crippen LogP contribution in [0.5, 0.6) is 0 Å². The van der Waals surface area contributed by atoms with Crippen LogP contribution in [0.15, 0.2) is 54.6 Å². The summed E-state index contributed by atoms with van der Waals surface area (Å²) in [6.45, 7) is 4.15. The van der Waals surface area contributed by atoms with Crippen LogP contribution in [0, 0.1) is 0 Å². The van der Waals surface area contributed by atoms with Crippen LogP contribution in [-0.2, 0) is 5.60 Å². The van der Waals surface area contributed by atoms with Gasteiger partial charge in [-0.15, -0.1) is 0 Å². The van der Waals surface area contributed by atoms with Gasteiger partial charge in [0.2, 0.25) is 0 Å². The highest BCUT2D eigenvalue weighted by molar-refractivity contribution is 5.50. The van der Waals surface area contributed by atoms with Crippen molar-refractivity contribution >= 4 is 5.69 Å². The van der Waals surface area contributed by atoms with E-state index in [0.29, 0.717) is 0 Å². The van der Waals surface area contributed by atoms with E-state index in [4.69, 9.17) is 0 Å². The van der Waals surface area contributed by atoms with E-state index in [9.17, 15) is 5.11 Å². The van der Waals surface area contributed by atoms with Crippen LogP contribution < -0.4 is 4.90 Å². The fourth-order valence-electron chi connectivity index (χ4n) is 3.08. The van der Waals surface area contributed by atoms with Gasteiger partial charge in [0.1, 0.15) is 5.60 Å². The summed E-state index contributed by atoms with van der Waals surface area (Å²) >= 11 is 0. The van der Waals surface area contributed by atoms with Gasteiger partial charge in [0.05, 0.1) is 0 Å². The normalized spacial score (nSPS) is 18.3. The van der Waals surface area contributed by atoms with Crippen LogP contribution in [0.25, 0.3) is 0 Å². The molecule has 1 aliphatic heterocycles. The second kappa shape index (κ2) is 5.90. The molecule has 0 aromatic heterocycles. The molecule has 1 saturated heterocycles. The Labute approximate surface area is 127 Å². The maximum atomic E-state index is 10.8. The Morgan fingerprint density at radius 2 is 1.38 bits per heavy atom. The zero-order valence-electron chi connectivity index (χ0n) is 12.6. The van der Waals surface area contributed by atoms with Crippen molar-refractivity contribution in [1.29, 1.82) is 0 Å². The number of piperidine rings is 1. The predicted molar refractivity (Wildman–Crippen MR) is 87.6 cm³/mol. The van der Waals surface area contributed by atoms with Gasteiger partial charge in [-0.05, 0) is 49.4 Å². The molecule has 1 N–H and O–H groups in total. The van der Waals surface area contributed by atoms with Crippen molar-refractivity contribution in [2.45, 2.75) is 31.8 Å². The Hall–Kier alpha value is -1.80. The van der Waals surface area contributed by atoms with Crippen LogP contribution in [0.1, 0.15) is 37.3 Å². The fourth-order valence-corrected chi connectivity index (χ4v) is 3.08. The van der Waals surface area contributed by atoms with E-state index in [1.54, 1.807) is 0 Å². The predicted octanol–water partition coefficient (Wildman–Crippen LogP) is 3.93. The number of rotatable bonds is 3. The summed E-state index contributed by atoms with van der Waals surface area (Å²) in [5, 5.41) is 10.8. The summed E-state index contributed by atoms with van der Waals surface area (Å²) in [5.41, 5.74) is 2.19. The highest BCUT2D eigenvalue weighted by Crippen LogP contribution is 2.30. The second-order valence-corrected chi connectivity index (χ2v) is 6.03. The molecule has 3 rings (SSSR count). The van der Waals surface area contributed by atoms with Crippen molar-refractivity contribution in [3.8, 4) is 0 Å². The minimum Gasteiger partial charge on any atom is -0.381 e. The average molecular weight is 281 g/mol. The summed E-state index contributed by atoms with van der Waals surface area (Å²) in [5.74, 6) is 0. The van der Waals surface area contributed by atoms with E-state index >= 15 is 0 Å². The van der Waals surface area contributed by atoms with Crippen LogP contribution in [0.3, 0.4) is 0 Å². The molecule has 0 unspecified atom stereocenters. The number of nitrogens with zero attached hydrogens (tertiary/aromatic N) is 1. The lowest BCUT2D eigenvalue weighted by Crippen LogP contribution is -2.29. The highest BCUT2D eigenvalue weighted by atomic mass is 16.3. The molecule has 0 aliphatic carbocycles. The first-order valence-corrected chi connectivity index (χ1v) is 7.81. The van der Waals surface area contributed by atoms with Gasteiger partial charge in [0.25, 0.3) is 0 Å². The molecule has 110 valence electrons. The van der Waals surface area contributed by atoms with E-state index in [2.05, 4.69) is 29.2 Å². The fraction of sp³-hybridized carbons (Fsp3) is 0.368. The van der Waals surface area contributed by atoms with Crippen LogP contribution in [0.2, 0.25) is 0 Å². The Morgan fingerprint density at radius 1 is 0.810 bits per heavy atom. The lowest BCUT2D eigenvalue weighted by atomic mass is 9.88. The van der Waals surface area contributed by atoms with Crippen molar-refractivity contribution in [2.24, 2.45) is 0 Å². The Morgan fingerprint density at radius 3 is 2.00 bits per heavy atom. The molecule has 2 aromatic carbocycles. The van der Waals surface area contributed by atoms with E-state index in [0.717, 1.165) is 24.2 Å². The molecule has 1 aliphatic rings. The van der Waals surface area contributed by atoms with Gasteiger partial charge in [-0.1, -0.05) is 42.5 Å². The quantitative estimate of drug-likeness (QED) is 0.921. The second-order valence-electron chi connectivity index (χ2n) is 6.03. The van der Waals surface area contributed by atoms with Gasteiger partial charge in [-0.25, -0.2) is 0 Å². The summed E-state index contributed by atoms with van der Waals surface area (Å²) in [4.78, 5) is 2.44. The van der Waals surface area contributed by atoms with Gasteiger partial charge in [0.15, 0.2) is 0 Å². The number of aliphatic hydroxyl groups is 1. The van der Waals surface area contributed by atoms with Crippen LogP contribution in [0.4, 0.5) is 5.69 Å². The molecule has 1 fully saturated rings. The van der Waals surface area contributed by atoms with Gasteiger partial charge in [-0.2, -0.15) is 0 Å². The number of hydrogen-bond acceptors (Lipinski definition) is 2. The topological polar surface area (TPSA) is 23.5 Å². The standard InChI is InChI=1S/C19H23NO/c1-19(21,16-8-4-2-5-9-16)17-10-12-18(13-11-17)20-14-6-3-7-15-20/h2,4-5,8-13,21H,3,6-7,14-15H2,1H3/t19-/m0/s1. The molecule has 0 amide bonds. The Bertz CT molecular complexity index is 568. The first-order valence-electron chi connectivity index (χ1n) is 7.81. The van der Waals surface area contributed by atoms with Gasteiger partial charge < -0.3 is 10.0 Å². The molecule has 0 spiro atoms. The molecular weight excluding hydrogens is 258 g/mol. The van der Waals surface area contributed by atoms with Crippen molar-refractivity contribution in [3.05, 3.63) is 65.7 Å². The third-order valence-corrected chi connectivity index (χ3v) is 4.49. The van der Waals surface area contributed by atoms with Crippen molar-refractivity contribution in [2.75, 3.05) is 18.0 Å². The monoisotopic (exact) mass is 281 g/mol. The van der Waals surface area contributed by atoms with Crippen molar-refractivity contribution in [1.82, 2.24) is 0 Å². The molecule has 2 aromatic rings. The van der Waals surface area contributed by atoms with Crippen molar-refractivity contribution < 1.29 is 5.11 Å². The van der Waals surface area contributed by atoms with Crippen molar-refractivity contribution in [3.63, 3.8) is 0 Å². The maximum Gasteiger partial charge on any atom is 0.112 e. The summed E-state index contributed by atoms with van der Waals surface area (Å²) in [7, 11) is 0. The van der Waals surface area contributed by atoms with Crippen LogP contribution in [-0.4, -0.2) is 18.2 Å². The average Bonchev–Trinajstić information content (AvgIpc) is 2.57. The molecule has 1 atom stereocenters. The number of hydrogen-bond donors (Lipinski definition) is 1. The largest absolute Gasteiger partial charge is 0.381 e. The van der Waals surface area contributed by atoms with E-state index in [1.807, 2.05) is 37.3 Å². The van der Waals surface area contributed by atoms with Crippen LogP contribution >= 0.6 is 0 Å². The van der Waals surface area contributed by atoms with E-state index in [-0.39, 0.29) is 0 Å². The molecule has 2 nitrogen and oxygen atoms in total. The lowest BCUT2D eigenvalue weighted by molar-refractivity contribution is 0.102. The molecule has 1 heterocycles. The number of anilines is 1. The molecule has 0 radical (unpaired) electrons. The minimum absolute atomic E-state index is 0.927. The third kappa shape index (κ3) is 2.96. The molecule has 0 saturated carbocycles. The number of benzene rings is 2. The summed E-state index contributed by atoms with van der Waals surface area (Å²) in [6.07, 6.45) is 3.91. The first kappa shape index (κ1) is 14.2. The first-order chi connectivity index (χ1) is 10.2. The zero-order valence-corrected chi connectivity index (χ0v) is 12.6. The Kier molecular flexibility index (Phi) is 3.98. The van der Waals surface area contributed by atoms with Gasteiger partial charge in [-0.3, -0.25) is 0 Å². The molecule has 0 bridgehead atoms. The smallest absolute Gasteiger partial charge is 0.112 e. The summed E-state index contributed by atoms with van der Waals surface area (Å²) < 4.78 is 0. The minimum atomic E-state index is -0.943. The molecule has 2 heteroatoms. The van der Waals surface area contributed by atoms with Gasteiger partial charge >= 0.3 is 0 Å². The third-order valence-electron chi connectivity index (χ3n) is 4.49. The van der Waals surface area contributed by atoms with E-state index in [1.165, 1.54) is 24.9 Å². The van der Waals surface area contributed by atoms with E-state index < -0.39 is 5.60 Å². The molecule has 21 heavy (non-hydrogen) atoms. The maximum absolute atomic E-state index is 10.8. The Balaban J connectivity index is 1.83. The lowest BCUT2D eigenvalue weighted by Gasteiger charge is -2.30. The highest BCUT2D eigenvalue weighted by Gasteiger charge is 2.25. The zero-order chi connectivity index (χ0) is 14.7. The van der Waals surface area contributed by atoms with Gasteiger partial charge in [0, 0.05) is 18.8 Å².